The lowest BCUT2D eigenvalue weighted by Crippen LogP contribution is -2.00. The van der Waals surface area contributed by atoms with Crippen molar-refractivity contribution in [2.24, 2.45) is 5.92 Å². The molecule has 0 spiro atoms. The molecule has 0 saturated carbocycles. The summed E-state index contributed by atoms with van der Waals surface area (Å²) in [5.41, 5.74) is 5.19. The molecule has 114 valence electrons. The molecule has 0 radical (unpaired) electrons. The van der Waals surface area contributed by atoms with Crippen LogP contribution in [0.15, 0.2) is 48.5 Å². The third-order valence-corrected chi connectivity index (χ3v) is 4.10. The SMILES string of the molecule is COc1cc2c(cc1OCc1ccccc1)C(C(C)C)=CC2. The van der Waals surface area contributed by atoms with Gasteiger partial charge in [0.1, 0.15) is 6.61 Å². The van der Waals surface area contributed by atoms with Gasteiger partial charge in [-0.25, -0.2) is 0 Å². The summed E-state index contributed by atoms with van der Waals surface area (Å²) >= 11 is 0. The highest BCUT2D eigenvalue weighted by Gasteiger charge is 2.20. The van der Waals surface area contributed by atoms with E-state index in [0.29, 0.717) is 12.5 Å². The zero-order valence-electron chi connectivity index (χ0n) is 13.4. The van der Waals surface area contributed by atoms with Gasteiger partial charge in [-0.05, 0) is 46.7 Å². The van der Waals surface area contributed by atoms with Crippen LogP contribution >= 0.6 is 0 Å². The van der Waals surface area contributed by atoms with Crippen LogP contribution in [0, 0.1) is 5.92 Å². The smallest absolute Gasteiger partial charge is 0.162 e. The Morgan fingerprint density at radius 3 is 2.50 bits per heavy atom. The number of ether oxygens (including phenoxy) is 2. The minimum atomic E-state index is 0.525. The highest BCUT2D eigenvalue weighted by atomic mass is 16.5. The van der Waals surface area contributed by atoms with Gasteiger partial charge in [-0.15, -0.1) is 0 Å². The highest BCUT2D eigenvalue weighted by Crippen LogP contribution is 2.40. The summed E-state index contributed by atoms with van der Waals surface area (Å²) < 4.78 is 11.5. The van der Waals surface area contributed by atoms with Crippen LogP contribution in [0.2, 0.25) is 0 Å². The maximum atomic E-state index is 6.02. The fourth-order valence-corrected chi connectivity index (χ4v) is 2.92. The van der Waals surface area contributed by atoms with Gasteiger partial charge < -0.3 is 9.47 Å². The van der Waals surface area contributed by atoms with Crippen molar-refractivity contribution in [1.29, 1.82) is 0 Å². The van der Waals surface area contributed by atoms with E-state index in [0.717, 1.165) is 23.5 Å². The Labute approximate surface area is 132 Å². The van der Waals surface area contributed by atoms with Crippen LogP contribution in [0.4, 0.5) is 0 Å². The number of benzene rings is 2. The van der Waals surface area contributed by atoms with Crippen LogP contribution in [-0.4, -0.2) is 7.11 Å². The molecule has 0 amide bonds. The predicted molar refractivity (Wildman–Crippen MR) is 90.3 cm³/mol. The predicted octanol–water partition coefficient (Wildman–Crippen LogP) is 4.87. The van der Waals surface area contributed by atoms with Crippen LogP contribution in [0.5, 0.6) is 11.5 Å². The van der Waals surface area contributed by atoms with Gasteiger partial charge in [-0.1, -0.05) is 50.3 Å². The van der Waals surface area contributed by atoms with Crippen LogP contribution in [0.25, 0.3) is 5.57 Å². The maximum Gasteiger partial charge on any atom is 0.162 e. The molecule has 22 heavy (non-hydrogen) atoms. The van der Waals surface area contributed by atoms with Crippen molar-refractivity contribution in [2.75, 3.05) is 7.11 Å². The largest absolute Gasteiger partial charge is 0.493 e. The van der Waals surface area contributed by atoms with Crippen molar-refractivity contribution in [1.82, 2.24) is 0 Å². The third-order valence-electron chi connectivity index (χ3n) is 4.10. The fourth-order valence-electron chi connectivity index (χ4n) is 2.92. The van der Waals surface area contributed by atoms with Crippen LogP contribution in [0.1, 0.15) is 30.5 Å². The van der Waals surface area contributed by atoms with E-state index in [1.54, 1.807) is 7.11 Å². The van der Waals surface area contributed by atoms with Crippen molar-refractivity contribution < 1.29 is 9.47 Å². The quantitative estimate of drug-likeness (QED) is 0.783. The number of methoxy groups -OCH3 is 1. The van der Waals surface area contributed by atoms with E-state index in [2.05, 4.69) is 44.2 Å². The van der Waals surface area contributed by atoms with Gasteiger partial charge in [-0.3, -0.25) is 0 Å². The number of fused-ring (bicyclic) bond motifs is 1. The molecule has 0 fully saturated rings. The van der Waals surface area contributed by atoms with Crippen LogP contribution in [-0.2, 0) is 13.0 Å². The van der Waals surface area contributed by atoms with Gasteiger partial charge in [0.15, 0.2) is 11.5 Å². The summed E-state index contributed by atoms with van der Waals surface area (Å²) in [6.45, 7) is 5.02. The molecule has 0 atom stereocenters. The normalized spacial score (nSPS) is 13.0. The lowest BCUT2D eigenvalue weighted by atomic mass is 9.96. The average Bonchev–Trinajstić information content (AvgIpc) is 2.95. The zero-order valence-corrected chi connectivity index (χ0v) is 13.4. The van der Waals surface area contributed by atoms with E-state index in [9.17, 15) is 0 Å². The van der Waals surface area contributed by atoms with Gasteiger partial charge in [0, 0.05) is 0 Å². The van der Waals surface area contributed by atoms with Crippen LogP contribution < -0.4 is 9.47 Å². The van der Waals surface area contributed by atoms with Crippen molar-refractivity contribution >= 4 is 5.57 Å². The molecule has 0 heterocycles. The fraction of sp³-hybridized carbons (Fsp3) is 0.300. The van der Waals surface area contributed by atoms with Crippen molar-refractivity contribution in [3.05, 3.63) is 65.2 Å². The van der Waals surface area contributed by atoms with E-state index >= 15 is 0 Å². The van der Waals surface area contributed by atoms with E-state index in [4.69, 9.17) is 9.47 Å². The Kier molecular flexibility index (Phi) is 4.19. The standard InChI is InChI=1S/C20H22O2/c1-14(2)17-10-9-16-11-19(21-3)20(12-18(16)17)22-13-15-7-5-4-6-8-15/h4-8,10-12,14H,9,13H2,1-3H3. The molecule has 0 aromatic heterocycles. The zero-order chi connectivity index (χ0) is 15.5. The lowest BCUT2D eigenvalue weighted by Gasteiger charge is -2.15. The van der Waals surface area contributed by atoms with Gasteiger partial charge in [0.05, 0.1) is 7.11 Å². The Morgan fingerprint density at radius 2 is 1.82 bits per heavy atom. The number of rotatable bonds is 5. The second kappa shape index (κ2) is 6.27. The molecule has 0 bridgehead atoms. The summed E-state index contributed by atoms with van der Waals surface area (Å²) in [6, 6.07) is 14.5. The molecule has 2 nitrogen and oxygen atoms in total. The van der Waals surface area contributed by atoms with E-state index in [1.807, 2.05) is 18.2 Å². The molecule has 2 aromatic rings. The van der Waals surface area contributed by atoms with Crippen molar-refractivity contribution in [3.63, 3.8) is 0 Å². The van der Waals surface area contributed by atoms with Crippen molar-refractivity contribution in [3.8, 4) is 11.5 Å². The third kappa shape index (κ3) is 2.87. The number of hydrogen-bond acceptors (Lipinski definition) is 2. The first-order valence-corrected chi connectivity index (χ1v) is 7.77. The Balaban J connectivity index is 1.87. The number of hydrogen-bond donors (Lipinski definition) is 0. The van der Waals surface area contributed by atoms with Gasteiger partial charge in [0.25, 0.3) is 0 Å². The highest BCUT2D eigenvalue weighted by molar-refractivity contribution is 5.76. The first-order valence-electron chi connectivity index (χ1n) is 7.77. The first kappa shape index (κ1) is 14.7. The second-order valence-electron chi connectivity index (χ2n) is 5.95. The molecule has 1 aliphatic carbocycles. The van der Waals surface area contributed by atoms with Crippen LogP contribution in [0.3, 0.4) is 0 Å². The molecule has 0 unspecified atom stereocenters. The molecule has 2 aromatic carbocycles. The summed E-state index contributed by atoms with van der Waals surface area (Å²) in [5, 5.41) is 0. The minimum absolute atomic E-state index is 0.525. The second-order valence-corrected chi connectivity index (χ2v) is 5.95. The first-order chi connectivity index (χ1) is 10.7. The summed E-state index contributed by atoms with van der Waals surface area (Å²) in [5.74, 6) is 2.16. The summed E-state index contributed by atoms with van der Waals surface area (Å²) in [6.07, 6.45) is 3.30. The molecular weight excluding hydrogens is 272 g/mol. The molecule has 3 rings (SSSR count). The monoisotopic (exact) mass is 294 g/mol. The molecule has 1 aliphatic rings. The van der Waals surface area contributed by atoms with Gasteiger partial charge >= 0.3 is 0 Å². The van der Waals surface area contributed by atoms with E-state index < -0.39 is 0 Å². The Bertz CT molecular complexity index is 684. The molecular formula is C20H22O2. The molecule has 0 saturated heterocycles. The average molecular weight is 294 g/mol. The lowest BCUT2D eigenvalue weighted by molar-refractivity contribution is 0.284. The minimum Gasteiger partial charge on any atom is -0.493 e. The molecule has 0 N–H and O–H groups in total. The summed E-state index contributed by atoms with van der Waals surface area (Å²) in [7, 11) is 1.70. The Hall–Kier alpha value is -2.22. The molecule has 0 aliphatic heterocycles. The van der Waals surface area contributed by atoms with Gasteiger partial charge in [-0.2, -0.15) is 0 Å². The molecule has 2 heteroatoms. The summed E-state index contributed by atoms with van der Waals surface area (Å²) in [4.78, 5) is 0. The maximum absolute atomic E-state index is 6.02. The topological polar surface area (TPSA) is 18.5 Å². The van der Waals surface area contributed by atoms with E-state index in [-0.39, 0.29) is 0 Å². The van der Waals surface area contributed by atoms with E-state index in [1.165, 1.54) is 16.7 Å². The van der Waals surface area contributed by atoms with Crippen molar-refractivity contribution in [2.45, 2.75) is 26.9 Å². The Morgan fingerprint density at radius 1 is 1.05 bits per heavy atom. The number of allylic oxidation sites excluding steroid dienone is 2. The van der Waals surface area contributed by atoms with Gasteiger partial charge in [0.2, 0.25) is 0 Å².